The van der Waals surface area contributed by atoms with E-state index in [-0.39, 0.29) is 11.3 Å². The van der Waals surface area contributed by atoms with Crippen molar-refractivity contribution in [1.29, 1.82) is 0 Å². The molecule has 8 heteroatoms. The van der Waals surface area contributed by atoms with Crippen LogP contribution >= 0.6 is 0 Å². The summed E-state index contributed by atoms with van der Waals surface area (Å²) in [5.74, 6) is 0.958. The van der Waals surface area contributed by atoms with Crippen molar-refractivity contribution in [3.63, 3.8) is 0 Å². The summed E-state index contributed by atoms with van der Waals surface area (Å²) in [5, 5.41) is 0.117. The van der Waals surface area contributed by atoms with E-state index in [2.05, 4.69) is 16.0 Å². The van der Waals surface area contributed by atoms with Gasteiger partial charge in [0.1, 0.15) is 11.9 Å². The summed E-state index contributed by atoms with van der Waals surface area (Å²) in [6.07, 6.45) is 4.57. The fourth-order valence-corrected chi connectivity index (χ4v) is 4.32. The molecule has 0 unspecified atom stereocenters. The average molecular weight is 394 g/mol. The number of rotatable bonds is 9. The van der Waals surface area contributed by atoms with Crippen molar-refractivity contribution in [2.24, 2.45) is 0 Å². The molecule has 1 atom stereocenters. The second-order valence-electron chi connectivity index (χ2n) is 7.05. The standard InChI is InChI=1S/C19H27N3O4S/c1-21(14-17-11-15-7-4-5-8-18(15)26-17)13-16-12-20-19(27(3,23)24)22(16)9-6-10-25-2/h4-5,7-8,12,17H,6,9-11,13-14H2,1-3H3/t17-/m0/s1. The summed E-state index contributed by atoms with van der Waals surface area (Å²) in [5.41, 5.74) is 2.12. The first-order valence-corrected chi connectivity index (χ1v) is 10.9. The van der Waals surface area contributed by atoms with E-state index in [0.29, 0.717) is 19.7 Å². The maximum atomic E-state index is 12.0. The molecular formula is C19H27N3O4S. The van der Waals surface area contributed by atoms with Gasteiger partial charge in [-0.05, 0) is 25.1 Å². The van der Waals surface area contributed by atoms with Gasteiger partial charge in [0.2, 0.25) is 15.0 Å². The SMILES string of the molecule is COCCCn1c(CN(C)C[C@@H]2Cc3ccccc3O2)cnc1S(C)(=O)=O. The van der Waals surface area contributed by atoms with E-state index >= 15 is 0 Å². The molecule has 0 aliphatic carbocycles. The van der Waals surface area contributed by atoms with E-state index in [4.69, 9.17) is 9.47 Å². The summed E-state index contributed by atoms with van der Waals surface area (Å²) in [7, 11) is 0.275. The highest BCUT2D eigenvalue weighted by Gasteiger charge is 2.25. The van der Waals surface area contributed by atoms with Gasteiger partial charge in [0.05, 0.1) is 11.9 Å². The first kappa shape index (κ1) is 19.9. The molecule has 0 radical (unpaired) electrons. The molecule has 7 nitrogen and oxygen atoms in total. The second-order valence-corrected chi connectivity index (χ2v) is 8.96. The molecule has 1 aliphatic rings. The highest BCUT2D eigenvalue weighted by atomic mass is 32.2. The van der Waals surface area contributed by atoms with E-state index in [1.54, 1.807) is 17.9 Å². The number of methoxy groups -OCH3 is 1. The van der Waals surface area contributed by atoms with Gasteiger partial charge in [-0.3, -0.25) is 4.90 Å². The van der Waals surface area contributed by atoms with E-state index in [1.165, 1.54) is 11.8 Å². The largest absolute Gasteiger partial charge is 0.488 e. The lowest BCUT2D eigenvalue weighted by Gasteiger charge is -2.21. The third-order valence-corrected chi connectivity index (χ3v) is 5.61. The Kier molecular flexibility index (Phi) is 6.18. The van der Waals surface area contributed by atoms with E-state index in [9.17, 15) is 8.42 Å². The van der Waals surface area contributed by atoms with Gasteiger partial charge in [0.25, 0.3) is 0 Å². The molecule has 2 aromatic rings. The molecule has 0 saturated carbocycles. The monoisotopic (exact) mass is 393 g/mol. The van der Waals surface area contributed by atoms with E-state index < -0.39 is 9.84 Å². The Labute approximate surface area is 160 Å². The van der Waals surface area contributed by atoms with Gasteiger partial charge in [-0.25, -0.2) is 13.4 Å². The molecule has 1 aromatic heterocycles. The Balaban J connectivity index is 1.67. The minimum Gasteiger partial charge on any atom is -0.488 e. The van der Waals surface area contributed by atoms with Crippen LogP contribution in [-0.4, -0.2) is 62.5 Å². The number of sulfone groups is 1. The van der Waals surface area contributed by atoms with Crippen LogP contribution < -0.4 is 4.74 Å². The van der Waals surface area contributed by atoms with Gasteiger partial charge in [-0.2, -0.15) is 0 Å². The summed E-state index contributed by atoms with van der Waals surface area (Å²) < 4.78 is 37.0. The zero-order valence-electron chi connectivity index (χ0n) is 16.1. The van der Waals surface area contributed by atoms with Crippen molar-refractivity contribution in [1.82, 2.24) is 14.5 Å². The number of nitrogens with zero attached hydrogens (tertiary/aromatic N) is 3. The van der Waals surface area contributed by atoms with Gasteiger partial charge in [-0.15, -0.1) is 0 Å². The molecule has 2 heterocycles. The topological polar surface area (TPSA) is 73.7 Å². The van der Waals surface area contributed by atoms with Crippen molar-refractivity contribution in [2.45, 2.75) is 37.2 Å². The number of fused-ring (bicyclic) bond motifs is 1. The highest BCUT2D eigenvalue weighted by Crippen LogP contribution is 2.28. The number of ether oxygens (including phenoxy) is 2. The number of para-hydroxylation sites is 1. The zero-order valence-corrected chi connectivity index (χ0v) is 16.9. The van der Waals surface area contributed by atoms with Gasteiger partial charge in [0, 0.05) is 46.0 Å². The first-order valence-electron chi connectivity index (χ1n) is 9.05. The van der Waals surface area contributed by atoms with Crippen molar-refractivity contribution < 1.29 is 17.9 Å². The third kappa shape index (κ3) is 4.88. The summed E-state index contributed by atoms with van der Waals surface area (Å²) >= 11 is 0. The van der Waals surface area contributed by atoms with Crippen molar-refractivity contribution in [3.8, 4) is 5.75 Å². The van der Waals surface area contributed by atoms with Crippen LogP contribution in [0.5, 0.6) is 5.75 Å². The zero-order chi connectivity index (χ0) is 19.4. The molecule has 27 heavy (non-hydrogen) atoms. The second kappa shape index (κ2) is 8.41. The number of benzene rings is 1. The molecule has 0 N–H and O–H groups in total. The lowest BCUT2D eigenvalue weighted by Crippen LogP contribution is -2.32. The quantitative estimate of drug-likeness (QED) is 0.605. The van der Waals surface area contributed by atoms with Crippen LogP contribution in [0.3, 0.4) is 0 Å². The predicted octanol–water partition coefficient (Wildman–Crippen LogP) is 1.76. The minimum atomic E-state index is -3.38. The van der Waals surface area contributed by atoms with Crippen LogP contribution in [0.15, 0.2) is 35.6 Å². The predicted molar refractivity (Wildman–Crippen MR) is 103 cm³/mol. The summed E-state index contributed by atoms with van der Waals surface area (Å²) in [6.45, 7) is 2.49. The van der Waals surface area contributed by atoms with Crippen molar-refractivity contribution >= 4 is 9.84 Å². The first-order chi connectivity index (χ1) is 12.9. The Hall–Kier alpha value is -1.90. The number of hydrogen-bond acceptors (Lipinski definition) is 6. The molecule has 1 aromatic carbocycles. The lowest BCUT2D eigenvalue weighted by atomic mass is 10.1. The van der Waals surface area contributed by atoms with Gasteiger partial charge >= 0.3 is 0 Å². The Morgan fingerprint density at radius 2 is 2.15 bits per heavy atom. The molecule has 1 aliphatic heterocycles. The van der Waals surface area contributed by atoms with Gasteiger partial charge in [0.15, 0.2) is 0 Å². The normalized spacial score (nSPS) is 16.5. The number of aromatic nitrogens is 2. The van der Waals surface area contributed by atoms with Crippen LogP contribution in [0.25, 0.3) is 0 Å². The fraction of sp³-hybridized carbons (Fsp3) is 0.526. The highest BCUT2D eigenvalue weighted by molar-refractivity contribution is 7.90. The van der Waals surface area contributed by atoms with E-state index in [1.807, 2.05) is 25.2 Å². The minimum absolute atomic E-state index is 0.103. The molecule has 0 saturated heterocycles. The summed E-state index contributed by atoms with van der Waals surface area (Å²) in [4.78, 5) is 6.30. The van der Waals surface area contributed by atoms with Crippen LogP contribution in [0.2, 0.25) is 0 Å². The third-order valence-electron chi connectivity index (χ3n) is 4.62. The fourth-order valence-electron chi connectivity index (χ4n) is 3.46. The molecule has 0 spiro atoms. The van der Waals surface area contributed by atoms with Crippen LogP contribution in [-0.2, 0) is 34.1 Å². The number of hydrogen-bond donors (Lipinski definition) is 0. The number of imidazole rings is 1. The molecular weight excluding hydrogens is 366 g/mol. The molecule has 3 rings (SSSR count). The van der Waals surface area contributed by atoms with Gasteiger partial charge in [-0.1, -0.05) is 18.2 Å². The Morgan fingerprint density at radius 1 is 1.37 bits per heavy atom. The lowest BCUT2D eigenvalue weighted by molar-refractivity contribution is 0.162. The van der Waals surface area contributed by atoms with Crippen LogP contribution in [0.1, 0.15) is 17.7 Å². The van der Waals surface area contributed by atoms with Gasteiger partial charge < -0.3 is 14.0 Å². The number of likely N-dealkylation sites (N-methyl/N-ethyl adjacent to an activating group) is 1. The molecule has 0 amide bonds. The average Bonchev–Trinajstić information content (AvgIpc) is 3.18. The summed E-state index contributed by atoms with van der Waals surface area (Å²) in [6, 6.07) is 8.10. The van der Waals surface area contributed by atoms with Crippen molar-refractivity contribution in [2.75, 3.05) is 33.6 Å². The maximum absolute atomic E-state index is 12.0. The Morgan fingerprint density at radius 3 is 2.85 bits per heavy atom. The Bertz CT molecular complexity index is 854. The van der Waals surface area contributed by atoms with E-state index in [0.717, 1.165) is 30.8 Å². The smallest absolute Gasteiger partial charge is 0.227 e. The van der Waals surface area contributed by atoms with Crippen LogP contribution in [0.4, 0.5) is 0 Å². The maximum Gasteiger partial charge on any atom is 0.227 e. The molecule has 0 bridgehead atoms. The van der Waals surface area contributed by atoms with Crippen molar-refractivity contribution in [3.05, 3.63) is 41.7 Å². The molecule has 148 valence electrons. The molecule has 0 fully saturated rings. The van der Waals surface area contributed by atoms with Crippen LogP contribution in [0, 0.1) is 0 Å².